The second kappa shape index (κ2) is 6.69. The second-order valence-corrected chi connectivity index (χ2v) is 6.42. The molecule has 2 aromatic rings. The third-order valence-electron chi connectivity index (χ3n) is 3.13. The van der Waals surface area contributed by atoms with Crippen molar-refractivity contribution < 1.29 is 5.11 Å². The highest BCUT2D eigenvalue weighted by atomic mass is 79.9. The second-order valence-electron chi connectivity index (χ2n) is 4.59. The molecule has 1 atom stereocenters. The first-order valence-corrected chi connectivity index (χ1v) is 7.89. The quantitative estimate of drug-likeness (QED) is 0.783. The summed E-state index contributed by atoms with van der Waals surface area (Å²) in [6.07, 6.45) is 1.19. The van der Waals surface area contributed by atoms with Crippen LogP contribution in [0.5, 0.6) is 0 Å². The van der Waals surface area contributed by atoms with Gasteiger partial charge in [0, 0.05) is 15.4 Å². The Labute approximate surface area is 130 Å². The zero-order chi connectivity index (χ0) is 13.8. The van der Waals surface area contributed by atoms with Crippen LogP contribution in [0.3, 0.4) is 0 Å². The fourth-order valence-electron chi connectivity index (χ4n) is 2.02. The van der Waals surface area contributed by atoms with Crippen LogP contribution < -0.4 is 0 Å². The Hall–Kier alpha value is -0.640. The van der Waals surface area contributed by atoms with E-state index in [1.807, 2.05) is 18.2 Å². The van der Waals surface area contributed by atoms with E-state index >= 15 is 0 Å². The summed E-state index contributed by atoms with van der Waals surface area (Å²) in [5.41, 5.74) is 3.39. The lowest BCUT2D eigenvalue weighted by Crippen LogP contribution is -2.02. The SMILES string of the molecule is CCc1ccc(CC(O)c2cc(Br)cc(Br)c2)cc1. The lowest BCUT2D eigenvalue weighted by atomic mass is 10.0. The largest absolute Gasteiger partial charge is 0.388 e. The van der Waals surface area contributed by atoms with Gasteiger partial charge in [-0.2, -0.15) is 0 Å². The molecule has 2 aromatic carbocycles. The Morgan fingerprint density at radius 3 is 2.00 bits per heavy atom. The topological polar surface area (TPSA) is 20.2 Å². The maximum Gasteiger partial charge on any atom is 0.0831 e. The molecule has 100 valence electrons. The van der Waals surface area contributed by atoms with Gasteiger partial charge in [0.15, 0.2) is 0 Å². The average molecular weight is 384 g/mol. The third kappa shape index (κ3) is 4.16. The van der Waals surface area contributed by atoms with Crippen LogP contribution in [0.4, 0.5) is 0 Å². The lowest BCUT2D eigenvalue weighted by molar-refractivity contribution is 0.178. The molecule has 3 heteroatoms. The van der Waals surface area contributed by atoms with Gasteiger partial charge in [0.1, 0.15) is 0 Å². The van der Waals surface area contributed by atoms with Crippen LogP contribution in [0.25, 0.3) is 0 Å². The Bertz CT molecular complexity index is 529. The molecule has 1 N–H and O–H groups in total. The molecular weight excluding hydrogens is 368 g/mol. The van der Waals surface area contributed by atoms with Crippen molar-refractivity contribution in [1.29, 1.82) is 0 Å². The van der Waals surface area contributed by atoms with Crippen molar-refractivity contribution in [3.05, 3.63) is 68.1 Å². The van der Waals surface area contributed by atoms with Gasteiger partial charge in [0.2, 0.25) is 0 Å². The van der Waals surface area contributed by atoms with Gasteiger partial charge >= 0.3 is 0 Å². The van der Waals surface area contributed by atoms with Crippen molar-refractivity contribution in [3.63, 3.8) is 0 Å². The van der Waals surface area contributed by atoms with Crippen molar-refractivity contribution in [2.75, 3.05) is 0 Å². The molecule has 0 aliphatic rings. The van der Waals surface area contributed by atoms with E-state index in [0.717, 1.165) is 26.5 Å². The van der Waals surface area contributed by atoms with Gasteiger partial charge in [0.25, 0.3) is 0 Å². The van der Waals surface area contributed by atoms with E-state index in [0.29, 0.717) is 6.42 Å². The van der Waals surface area contributed by atoms with E-state index in [1.165, 1.54) is 5.56 Å². The number of rotatable bonds is 4. The molecule has 0 spiro atoms. The normalized spacial score (nSPS) is 12.4. The number of halogens is 2. The highest BCUT2D eigenvalue weighted by Crippen LogP contribution is 2.26. The van der Waals surface area contributed by atoms with E-state index in [9.17, 15) is 5.11 Å². The molecule has 1 nitrogen and oxygen atoms in total. The summed E-state index contributed by atoms with van der Waals surface area (Å²) in [6.45, 7) is 2.14. The van der Waals surface area contributed by atoms with Gasteiger partial charge in [0.05, 0.1) is 6.10 Å². The molecule has 0 fully saturated rings. The summed E-state index contributed by atoms with van der Waals surface area (Å²) in [4.78, 5) is 0. The molecule has 0 aliphatic carbocycles. The van der Waals surface area contributed by atoms with Crippen LogP contribution in [0, 0.1) is 0 Å². The number of aryl methyl sites for hydroxylation is 1. The van der Waals surface area contributed by atoms with E-state index in [-0.39, 0.29) is 0 Å². The maximum absolute atomic E-state index is 10.3. The Balaban J connectivity index is 2.13. The van der Waals surface area contributed by atoms with Gasteiger partial charge in [-0.05, 0) is 41.3 Å². The minimum absolute atomic E-state index is 0.485. The molecule has 0 saturated carbocycles. The number of benzene rings is 2. The van der Waals surface area contributed by atoms with Crippen molar-refractivity contribution in [1.82, 2.24) is 0 Å². The smallest absolute Gasteiger partial charge is 0.0831 e. The van der Waals surface area contributed by atoms with Crippen molar-refractivity contribution in [2.24, 2.45) is 0 Å². The minimum Gasteiger partial charge on any atom is -0.388 e. The fraction of sp³-hybridized carbons (Fsp3) is 0.250. The summed E-state index contributed by atoms with van der Waals surface area (Å²) in [5, 5.41) is 10.3. The zero-order valence-corrected chi connectivity index (χ0v) is 13.9. The predicted molar refractivity (Wildman–Crippen MR) is 86.3 cm³/mol. The van der Waals surface area contributed by atoms with E-state index in [1.54, 1.807) is 0 Å². The minimum atomic E-state index is -0.485. The van der Waals surface area contributed by atoms with Gasteiger partial charge in [-0.25, -0.2) is 0 Å². The van der Waals surface area contributed by atoms with Gasteiger partial charge < -0.3 is 5.11 Å². The van der Waals surface area contributed by atoms with Crippen molar-refractivity contribution in [3.8, 4) is 0 Å². The summed E-state index contributed by atoms with van der Waals surface area (Å²) in [6, 6.07) is 14.3. The molecule has 2 rings (SSSR count). The monoisotopic (exact) mass is 382 g/mol. The van der Waals surface area contributed by atoms with Gasteiger partial charge in [-0.15, -0.1) is 0 Å². The van der Waals surface area contributed by atoms with Crippen LogP contribution in [-0.4, -0.2) is 5.11 Å². The number of aliphatic hydroxyl groups is 1. The molecule has 0 bridgehead atoms. The van der Waals surface area contributed by atoms with Gasteiger partial charge in [-0.1, -0.05) is 63.0 Å². The highest BCUT2D eigenvalue weighted by molar-refractivity contribution is 9.11. The van der Waals surface area contributed by atoms with Crippen LogP contribution >= 0.6 is 31.9 Å². The summed E-state index contributed by atoms with van der Waals surface area (Å²) >= 11 is 6.89. The molecule has 0 radical (unpaired) electrons. The molecule has 0 amide bonds. The molecule has 1 unspecified atom stereocenters. The summed E-state index contributed by atoms with van der Waals surface area (Å²) in [5.74, 6) is 0. The molecule has 0 heterocycles. The Morgan fingerprint density at radius 2 is 1.47 bits per heavy atom. The predicted octanol–water partition coefficient (Wildman–Crippen LogP) is 5.05. The Morgan fingerprint density at radius 1 is 0.947 bits per heavy atom. The van der Waals surface area contributed by atoms with E-state index in [4.69, 9.17) is 0 Å². The first-order chi connectivity index (χ1) is 9.08. The first-order valence-electron chi connectivity index (χ1n) is 6.30. The maximum atomic E-state index is 10.3. The third-order valence-corrected chi connectivity index (χ3v) is 4.05. The number of hydrogen-bond donors (Lipinski definition) is 1. The molecule has 0 saturated heterocycles. The van der Waals surface area contributed by atoms with Crippen molar-refractivity contribution >= 4 is 31.9 Å². The molecule has 0 aliphatic heterocycles. The van der Waals surface area contributed by atoms with E-state index in [2.05, 4.69) is 63.0 Å². The average Bonchev–Trinajstić information content (AvgIpc) is 2.38. The summed E-state index contributed by atoms with van der Waals surface area (Å²) < 4.78 is 1.94. The first kappa shape index (κ1) is 14.8. The standard InChI is InChI=1S/C16H16Br2O/c1-2-11-3-5-12(6-4-11)7-16(19)13-8-14(17)10-15(18)9-13/h3-6,8-10,16,19H,2,7H2,1H3. The fourth-order valence-corrected chi connectivity index (χ4v) is 3.35. The number of aliphatic hydroxyl groups excluding tert-OH is 1. The van der Waals surface area contributed by atoms with Crippen LogP contribution in [-0.2, 0) is 12.8 Å². The van der Waals surface area contributed by atoms with Crippen LogP contribution in [0.2, 0.25) is 0 Å². The lowest BCUT2D eigenvalue weighted by Gasteiger charge is -2.12. The van der Waals surface area contributed by atoms with Crippen LogP contribution in [0.15, 0.2) is 51.4 Å². The summed E-state index contributed by atoms with van der Waals surface area (Å²) in [7, 11) is 0. The Kier molecular flexibility index (Phi) is 5.20. The van der Waals surface area contributed by atoms with Gasteiger partial charge in [-0.3, -0.25) is 0 Å². The van der Waals surface area contributed by atoms with E-state index < -0.39 is 6.10 Å². The molecule has 0 aromatic heterocycles. The van der Waals surface area contributed by atoms with Crippen molar-refractivity contribution in [2.45, 2.75) is 25.9 Å². The zero-order valence-electron chi connectivity index (χ0n) is 10.7. The molecule has 19 heavy (non-hydrogen) atoms. The van der Waals surface area contributed by atoms with Crippen LogP contribution in [0.1, 0.15) is 29.7 Å². The number of hydrogen-bond acceptors (Lipinski definition) is 1. The highest BCUT2D eigenvalue weighted by Gasteiger charge is 2.10. The molecular formula is C16H16Br2O.